The normalized spacial score (nSPS) is 20.2. The first-order chi connectivity index (χ1) is 12.8. The van der Waals surface area contributed by atoms with Gasteiger partial charge in [-0.25, -0.2) is 0 Å². The average molecular weight is 354 g/mol. The second kappa shape index (κ2) is 7.46. The first kappa shape index (κ1) is 17.0. The smallest absolute Gasteiger partial charge is 0.124 e. The number of hydrogen-bond acceptors (Lipinski definition) is 5. The van der Waals surface area contributed by atoms with E-state index in [9.17, 15) is 0 Å². The standard InChI is InChI=1S/C21H26N2O3/c1-24-17-5-3-16(4-6-17)22-10-12-23(13-11-22)20-9-14-26-21-8-7-18(25-2)15-19(20)21/h3-8,15,20H,9-14H2,1-2H3. The fourth-order valence-electron chi connectivity index (χ4n) is 3.95. The van der Waals surface area contributed by atoms with Crippen molar-refractivity contribution in [1.29, 1.82) is 0 Å². The van der Waals surface area contributed by atoms with Crippen molar-refractivity contribution in [3.05, 3.63) is 48.0 Å². The van der Waals surface area contributed by atoms with E-state index in [4.69, 9.17) is 14.2 Å². The van der Waals surface area contributed by atoms with E-state index in [0.29, 0.717) is 6.04 Å². The van der Waals surface area contributed by atoms with Crippen molar-refractivity contribution in [3.8, 4) is 17.2 Å². The molecule has 0 amide bonds. The number of hydrogen-bond donors (Lipinski definition) is 0. The van der Waals surface area contributed by atoms with Crippen LogP contribution in [0.5, 0.6) is 17.2 Å². The van der Waals surface area contributed by atoms with Gasteiger partial charge in [-0.1, -0.05) is 0 Å². The molecule has 0 aromatic heterocycles. The highest BCUT2D eigenvalue weighted by Crippen LogP contribution is 2.38. The zero-order chi connectivity index (χ0) is 17.9. The van der Waals surface area contributed by atoms with E-state index in [-0.39, 0.29) is 0 Å². The molecule has 2 aliphatic rings. The second-order valence-electron chi connectivity index (χ2n) is 6.78. The molecule has 4 rings (SSSR count). The van der Waals surface area contributed by atoms with E-state index in [1.165, 1.54) is 11.3 Å². The molecule has 0 radical (unpaired) electrons. The molecule has 0 aliphatic carbocycles. The Morgan fingerprint density at radius 3 is 2.27 bits per heavy atom. The van der Waals surface area contributed by atoms with Crippen LogP contribution >= 0.6 is 0 Å². The molecule has 2 heterocycles. The molecule has 5 nitrogen and oxygen atoms in total. The number of anilines is 1. The van der Waals surface area contributed by atoms with Gasteiger partial charge in [-0.15, -0.1) is 0 Å². The molecule has 5 heteroatoms. The van der Waals surface area contributed by atoms with E-state index in [1.807, 2.05) is 24.3 Å². The monoisotopic (exact) mass is 354 g/mol. The van der Waals surface area contributed by atoms with Crippen molar-refractivity contribution in [2.24, 2.45) is 0 Å². The third-order valence-corrected chi connectivity index (χ3v) is 5.42. The summed E-state index contributed by atoms with van der Waals surface area (Å²) in [7, 11) is 3.42. The lowest BCUT2D eigenvalue weighted by molar-refractivity contribution is 0.133. The zero-order valence-corrected chi connectivity index (χ0v) is 15.5. The lowest BCUT2D eigenvalue weighted by Crippen LogP contribution is -2.48. The summed E-state index contributed by atoms with van der Waals surface area (Å²) >= 11 is 0. The summed E-state index contributed by atoms with van der Waals surface area (Å²) in [4.78, 5) is 5.03. The van der Waals surface area contributed by atoms with Gasteiger partial charge < -0.3 is 19.1 Å². The molecule has 1 unspecified atom stereocenters. The molecule has 26 heavy (non-hydrogen) atoms. The SMILES string of the molecule is COc1ccc(N2CCN(C3CCOc4ccc(OC)cc43)CC2)cc1. The summed E-state index contributed by atoms with van der Waals surface area (Å²) in [5.41, 5.74) is 2.52. The number of piperazine rings is 1. The van der Waals surface area contributed by atoms with Gasteiger partial charge in [0.15, 0.2) is 0 Å². The molecule has 1 fully saturated rings. The minimum absolute atomic E-state index is 0.409. The largest absolute Gasteiger partial charge is 0.497 e. The Labute approximate surface area is 155 Å². The first-order valence-corrected chi connectivity index (χ1v) is 9.22. The molecule has 1 saturated heterocycles. The Balaban J connectivity index is 1.45. The van der Waals surface area contributed by atoms with E-state index in [1.54, 1.807) is 14.2 Å². The van der Waals surface area contributed by atoms with Crippen LogP contribution in [0.3, 0.4) is 0 Å². The van der Waals surface area contributed by atoms with Gasteiger partial charge >= 0.3 is 0 Å². The average Bonchev–Trinajstić information content (AvgIpc) is 2.73. The van der Waals surface area contributed by atoms with Crippen molar-refractivity contribution in [2.45, 2.75) is 12.5 Å². The van der Waals surface area contributed by atoms with Gasteiger partial charge in [0, 0.05) is 49.9 Å². The van der Waals surface area contributed by atoms with Crippen molar-refractivity contribution in [1.82, 2.24) is 4.90 Å². The zero-order valence-electron chi connectivity index (χ0n) is 15.5. The van der Waals surface area contributed by atoms with Crippen LogP contribution in [-0.4, -0.2) is 51.9 Å². The molecule has 2 aliphatic heterocycles. The Kier molecular flexibility index (Phi) is 4.89. The van der Waals surface area contributed by atoms with Crippen LogP contribution in [0.2, 0.25) is 0 Å². The fraction of sp³-hybridized carbons (Fsp3) is 0.429. The highest BCUT2D eigenvalue weighted by molar-refractivity contribution is 5.49. The van der Waals surface area contributed by atoms with Gasteiger partial charge in [-0.3, -0.25) is 4.90 Å². The van der Waals surface area contributed by atoms with Crippen molar-refractivity contribution >= 4 is 5.69 Å². The molecular formula is C21H26N2O3. The molecule has 2 aromatic carbocycles. The lowest BCUT2D eigenvalue weighted by Gasteiger charge is -2.42. The molecule has 0 bridgehead atoms. The van der Waals surface area contributed by atoms with Crippen LogP contribution in [0.1, 0.15) is 18.0 Å². The highest BCUT2D eigenvalue weighted by atomic mass is 16.5. The van der Waals surface area contributed by atoms with Crippen LogP contribution < -0.4 is 19.1 Å². The number of benzene rings is 2. The Morgan fingerprint density at radius 1 is 0.885 bits per heavy atom. The van der Waals surface area contributed by atoms with Crippen molar-refractivity contribution in [3.63, 3.8) is 0 Å². The van der Waals surface area contributed by atoms with E-state index in [0.717, 1.165) is 56.5 Å². The van der Waals surface area contributed by atoms with Gasteiger partial charge in [0.2, 0.25) is 0 Å². The summed E-state index contributed by atoms with van der Waals surface area (Å²) in [6.45, 7) is 4.94. The predicted molar refractivity (Wildman–Crippen MR) is 103 cm³/mol. The Bertz CT molecular complexity index is 739. The molecular weight excluding hydrogens is 328 g/mol. The van der Waals surface area contributed by atoms with E-state index >= 15 is 0 Å². The van der Waals surface area contributed by atoms with Gasteiger partial charge in [-0.05, 0) is 42.5 Å². The third kappa shape index (κ3) is 3.31. The van der Waals surface area contributed by atoms with Crippen LogP contribution in [0.15, 0.2) is 42.5 Å². The molecule has 138 valence electrons. The van der Waals surface area contributed by atoms with Gasteiger partial charge in [0.25, 0.3) is 0 Å². The minimum Gasteiger partial charge on any atom is -0.497 e. The maximum Gasteiger partial charge on any atom is 0.124 e. The Hall–Kier alpha value is -2.40. The predicted octanol–water partition coefficient (Wildman–Crippen LogP) is 3.35. The highest BCUT2D eigenvalue weighted by Gasteiger charge is 2.30. The van der Waals surface area contributed by atoms with Gasteiger partial charge in [-0.2, -0.15) is 0 Å². The van der Waals surface area contributed by atoms with Crippen LogP contribution in [0, 0.1) is 0 Å². The fourth-order valence-corrected chi connectivity index (χ4v) is 3.95. The summed E-state index contributed by atoms with van der Waals surface area (Å²) in [5.74, 6) is 2.80. The number of methoxy groups -OCH3 is 2. The Morgan fingerprint density at radius 2 is 1.58 bits per heavy atom. The molecule has 0 N–H and O–H groups in total. The van der Waals surface area contributed by atoms with Crippen LogP contribution in [-0.2, 0) is 0 Å². The summed E-state index contributed by atoms with van der Waals surface area (Å²) < 4.78 is 16.5. The second-order valence-corrected chi connectivity index (χ2v) is 6.78. The molecule has 0 spiro atoms. The van der Waals surface area contributed by atoms with E-state index < -0.39 is 0 Å². The first-order valence-electron chi connectivity index (χ1n) is 9.22. The molecule has 1 atom stereocenters. The third-order valence-electron chi connectivity index (χ3n) is 5.42. The van der Waals surface area contributed by atoms with Gasteiger partial charge in [0.05, 0.1) is 20.8 Å². The van der Waals surface area contributed by atoms with Gasteiger partial charge in [0.1, 0.15) is 17.2 Å². The number of nitrogens with zero attached hydrogens (tertiary/aromatic N) is 2. The van der Waals surface area contributed by atoms with Crippen LogP contribution in [0.25, 0.3) is 0 Å². The quantitative estimate of drug-likeness (QED) is 0.841. The maximum atomic E-state index is 5.85. The molecule has 0 saturated carbocycles. The molecule has 2 aromatic rings. The summed E-state index contributed by atoms with van der Waals surface area (Å²) in [6.07, 6.45) is 1.03. The topological polar surface area (TPSA) is 34.2 Å². The van der Waals surface area contributed by atoms with Crippen LogP contribution in [0.4, 0.5) is 5.69 Å². The number of fused-ring (bicyclic) bond motifs is 1. The lowest BCUT2D eigenvalue weighted by atomic mass is 9.98. The number of rotatable bonds is 4. The van der Waals surface area contributed by atoms with Crippen molar-refractivity contribution in [2.75, 3.05) is 51.9 Å². The van der Waals surface area contributed by atoms with E-state index in [2.05, 4.69) is 28.0 Å². The summed E-state index contributed by atoms with van der Waals surface area (Å²) in [6, 6.07) is 14.9. The minimum atomic E-state index is 0.409. The number of ether oxygens (including phenoxy) is 3. The maximum absolute atomic E-state index is 5.85. The summed E-state index contributed by atoms with van der Waals surface area (Å²) in [5, 5.41) is 0. The van der Waals surface area contributed by atoms with Crippen molar-refractivity contribution < 1.29 is 14.2 Å².